The predicted molar refractivity (Wildman–Crippen MR) is 205 cm³/mol. The molecule has 0 fully saturated rings. The van der Waals surface area contributed by atoms with Gasteiger partial charge in [-0.05, 0) is 75.6 Å². The fourth-order valence-electron chi connectivity index (χ4n) is 5.23. The van der Waals surface area contributed by atoms with Crippen LogP contribution in [0.5, 0.6) is 0 Å². The molecule has 0 spiro atoms. The molecular weight excluding hydrogens is 737 g/mol. The zero-order valence-electron chi connectivity index (χ0n) is 32.9. The van der Waals surface area contributed by atoms with Crippen LogP contribution in [-0.4, -0.2) is 65.9 Å². The number of carbonyl (C=O) groups excluding carboxylic acids is 4. The number of nitrogens with two attached hydrogens (primary N) is 1. The van der Waals surface area contributed by atoms with Gasteiger partial charge in [-0.2, -0.15) is 13.2 Å². The number of halogens is 3. The van der Waals surface area contributed by atoms with Gasteiger partial charge in [-0.15, -0.1) is 0 Å². The van der Waals surface area contributed by atoms with Gasteiger partial charge < -0.3 is 34.4 Å². The highest BCUT2D eigenvalue weighted by atomic mass is 19.4. The van der Waals surface area contributed by atoms with Crippen molar-refractivity contribution in [2.75, 3.05) is 26.3 Å². The number of aldehydes is 1. The van der Waals surface area contributed by atoms with E-state index in [0.29, 0.717) is 50.0 Å². The highest BCUT2D eigenvalue weighted by Gasteiger charge is 2.26. The van der Waals surface area contributed by atoms with Crippen molar-refractivity contribution in [3.05, 3.63) is 104 Å². The van der Waals surface area contributed by atoms with Gasteiger partial charge in [0.2, 0.25) is 6.29 Å². The third kappa shape index (κ3) is 18.4. The number of rotatable bonds is 17. The average Bonchev–Trinajstić information content (AvgIpc) is 3.14. The normalized spacial score (nSPS) is 11.9. The summed E-state index contributed by atoms with van der Waals surface area (Å²) in [6.07, 6.45) is -1.07. The van der Waals surface area contributed by atoms with E-state index in [4.69, 9.17) is 24.7 Å². The van der Waals surface area contributed by atoms with Gasteiger partial charge in [0.05, 0.1) is 13.2 Å². The van der Waals surface area contributed by atoms with E-state index in [-0.39, 0.29) is 48.7 Å². The molecule has 2 atom stereocenters. The van der Waals surface area contributed by atoms with Gasteiger partial charge in [0.25, 0.3) is 11.1 Å². The van der Waals surface area contributed by atoms with Crippen LogP contribution in [0, 0.1) is 11.8 Å². The number of alkyl carbamates (subject to hydrolysis) is 1. The summed E-state index contributed by atoms with van der Waals surface area (Å²) in [7, 11) is 0. The van der Waals surface area contributed by atoms with Gasteiger partial charge >= 0.3 is 24.2 Å². The predicted octanol–water partition coefficient (Wildman–Crippen LogP) is 5.71. The minimum atomic E-state index is -4.64. The maximum atomic E-state index is 12.9. The summed E-state index contributed by atoms with van der Waals surface area (Å²) in [6.45, 7) is 12.9. The zero-order valence-corrected chi connectivity index (χ0v) is 32.9. The van der Waals surface area contributed by atoms with E-state index in [9.17, 15) is 37.1 Å². The molecule has 0 saturated carbocycles. The quantitative estimate of drug-likeness (QED) is 0.0977. The highest BCUT2D eigenvalue weighted by Crippen LogP contribution is 2.19. The van der Waals surface area contributed by atoms with E-state index in [2.05, 4.69) is 5.32 Å². The van der Waals surface area contributed by atoms with Crippen molar-refractivity contribution in [2.45, 2.75) is 92.1 Å². The Morgan fingerprint density at radius 1 is 0.750 bits per heavy atom. The number of alkyl halides is 3. The molecule has 3 rings (SSSR count). The number of benzene rings is 1. The molecule has 16 heteroatoms. The maximum absolute atomic E-state index is 12.9. The summed E-state index contributed by atoms with van der Waals surface area (Å²) in [5.74, 6) is -0.258. The summed E-state index contributed by atoms with van der Waals surface area (Å²) in [5.41, 5.74) is 7.14. The Balaban J connectivity index is 0.000000517. The first kappa shape index (κ1) is 48.8. The van der Waals surface area contributed by atoms with Crippen molar-refractivity contribution in [3.63, 3.8) is 0 Å². The molecule has 1 aromatic carbocycles. The molecule has 310 valence electrons. The lowest BCUT2D eigenvalue weighted by molar-refractivity contribution is -0.156. The lowest BCUT2D eigenvalue weighted by Crippen LogP contribution is -2.34. The van der Waals surface area contributed by atoms with Crippen molar-refractivity contribution in [1.82, 2.24) is 14.5 Å². The van der Waals surface area contributed by atoms with Crippen molar-refractivity contribution >= 4 is 24.3 Å². The molecule has 2 heterocycles. The third-order valence-electron chi connectivity index (χ3n) is 7.71. The van der Waals surface area contributed by atoms with Crippen LogP contribution >= 0.6 is 0 Å². The third-order valence-corrected chi connectivity index (χ3v) is 7.71. The molecule has 2 aromatic heterocycles. The fraction of sp³-hybridized carbons (Fsp3) is 0.500. The molecule has 1 amide bonds. The number of aromatic nitrogens is 2. The van der Waals surface area contributed by atoms with Crippen LogP contribution < -0.4 is 22.2 Å². The first-order valence-corrected chi connectivity index (χ1v) is 18.4. The highest BCUT2D eigenvalue weighted by molar-refractivity contribution is 5.74. The topological polar surface area (TPSA) is 178 Å². The molecule has 3 aromatic rings. The Morgan fingerprint density at radius 2 is 1.20 bits per heavy atom. The van der Waals surface area contributed by atoms with Crippen LogP contribution in [0.1, 0.15) is 83.2 Å². The minimum Gasteiger partial charge on any atom is -0.464 e. The fourth-order valence-corrected chi connectivity index (χ4v) is 5.23. The number of nitrogens with zero attached hydrogens (tertiary/aromatic N) is 2. The molecule has 0 saturated heterocycles. The molecule has 0 aliphatic rings. The molecule has 2 unspecified atom stereocenters. The number of ether oxygens (including phenoxy) is 3. The number of carbonyl (C=O) groups is 4. The molecule has 56 heavy (non-hydrogen) atoms. The van der Waals surface area contributed by atoms with E-state index in [1.165, 1.54) is 9.13 Å². The summed E-state index contributed by atoms with van der Waals surface area (Å²) in [6, 6.07) is 15.1. The molecule has 13 nitrogen and oxygen atoms in total. The monoisotopic (exact) mass is 792 g/mol. The van der Waals surface area contributed by atoms with Crippen LogP contribution in [0.15, 0.2) is 76.6 Å². The van der Waals surface area contributed by atoms with Gasteiger partial charge in [0.15, 0.2) is 0 Å². The van der Waals surface area contributed by atoms with E-state index in [1.54, 1.807) is 50.5 Å². The summed E-state index contributed by atoms with van der Waals surface area (Å²) < 4.78 is 49.6. The molecule has 3 N–H and O–H groups in total. The lowest BCUT2D eigenvalue weighted by Gasteiger charge is -2.20. The first-order chi connectivity index (χ1) is 26.5. The van der Waals surface area contributed by atoms with Crippen molar-refractivity contribution in [3.8, 4) is 0 Å². The molecule has 0 radical (unpaired) electrons. The van der Waals surface area contributed by atoms with E-state index in [1.807, 2.05) is 58.0 Å². The molecule has 0 aliphatic carbocycles. The Hall–Kier alpha value is -5.25. The summed E-state index contributed by atoms with van der Waals surface area (Å²) >= 11 is 0. The number of esters is 2. The second-order valence-corrected chi connectivity index (χ2v) is 13.2. The second-order valence-electron chi connectivity index (χ2n) is 13.2. The van der Waals surface area contributed by atoms with Crippen LogP contribution in [0.3, 0.4) is 0 Å². The van der Waals surface area contributed by atoms with Crippen LogP contribution in [0.2, 0.25) is 0 Å². The van der Waals surface area contributed by atoms with Gasteiger partial charge in [-0.1, -0.05) is 70.2 Å². The lowest BCUT2D eigenvalue weighted by atomic mass is 10.0. The Labute approximate surface area is 325 Å². The maximum Gasteiger partial charge on any atom is 0.446 e. The number of nitrogens with one attached hydrogen (secondary N) is 1. The van der Waals surface area contributed by atoms with Crippen molar-refractivity contribution in [1.29, 1.82) is 0 Å². The average molecular weight is 793 g/mol. The molecule has 0 bridgehead atoms. The number of amides is 1. The number of hydrogen-bond donors (Lipinski definition) is 2. The standard InChI is InChI=1S/C23H30N2O5.C15H24N2O3.C2HF3O/c1-4-29-22(27)20(15-17(2)3)25-14-8-11-19(21(25)26)12-13-24-23(28)30-16-18-9-6-5-7-10-18;1-4-20-15(19)13(10-11(2)3)17-9-5-6-12(7-8-16)14(17)18;3-2(4,5)1-6/h5-11,14,17,20H,4,12-13,15-16H2,1-3H3,(H,24,28);5-6,9,11,13H,4,7-8,10,16H2,1-3H3;1H. The second kappa shape index (κ2) is 25.8. The molecule has 0 aliphatic heterocycles. The van der Waals surface area contributed by atoms with Gasteiger partial charge in [-0.3, -0.25) is 14.4 Å². The summed E-state index contributed by atoms with van der Waals surface area (Å²) in [5, 5.41) is 2.65. The largest absolute Gasteiger partial charge is 0.464 e. The van der Waals surface area contributed by atoms with E-state index >= 15 is 0 Å². The first-order valence-electron chi connectivity index (χ1n) is 18.4. The SMILES string of the molecule is CCOC(=O)C(CC(C)C)n1cccc(CCN)c1=O.CCOC(=O)C(CC(C)C)n1cccc(CCNC(=O)OCc2ccccc2)c1=O.O=CC(F)(F)F. The van der Waals surface area contributed by atoms with Crippen LogP contribution in [0.4, 0.5) is 18.0 Å². The van der Waals surface area contributed by atoms with Crippen molar-refractivity contribution < 1.29 is 46.6 Å². The number of hydrogen-bond acceptors (Lipinski definition) is 10. The number of pyridine rings is 2. The van der Waals surface area contributed by atoms with Gasteiger partial charge in [-0.25, -0.2) is 14.4 Å². The Kier molecular flexibility index (Phi) is 22.4. The van der Waals surface area contributed by atoms with Crippen LogP contribution in [0.25, 0.3) is 0 Å². The van der Waals surface area contributed by atoms with Crippen LogP contribution in [-0.2, 0) is 48.0 Å². The Bertz CT molecular complexity index is 1760. The molecular formula is C40H55F3N4O9. The Morgan fingerprint density at radius 3 is 1.59 bits per heavy atom. The van der Waals surface area contributed by atoms with Gasteiger partial charge in [0.1, 0.15) is 18.7 Å². The van der Waals surface area contributed by atoms with E-state index < -0.39 is 36.6 Å². The van der Waals surface area contributed by atoms with E-state index in [0.717, 1.165) is 5.56 Å². The smallest absolute Gasteiger partial charge is 0.446 e. The zero-order chi connectivity index (χ0) is 42.3. The minimum absolute atomic E-state index is 0.156. The summed E-state index contributed by atoms with van der Waals surface area (Å²) in [4.78, 5) is 70.3. The van der Waals surface area contributed by atoms with Crippen molar-refractivity contribution in [2.24, 2.45) is 17.6 Å². The van der Waals surface area contributed by atoms with Gasteiger partial charge in [0, 0.05) is 30.1 Å².